The highest BCUT2D eigenvalue weighted by Crippen LogP contribution is 2.38. The minimum Gasteiger partial charge on any atom is -0.370 e. The smallest absolute Gasteiger partial charge is 0.270 e. The van der Waals surface area contributed by atoms with Crippen LogP contribution in [0.15, 0.2) is 59.4 Å². The van der Waals surface area contributed by atoms with Crippen LogP contribution in [-0.4, -0.2) is 17.7 Å². The number of nitriles is 1. The lowest BCUT2D eigenvalue weighted by molar-refractivity contribution is 0.362. The van der Waals surface area contributed by atoms with Gasteiger partial charge < -0.3 is 9.47 Å². The molecule has 4 heteroatoms. The van der Waals surface area contributed by atoms with Gasteiger partial charge in [-0.2, -0.15) is 5.26 Å². The molecule has 0 spiro atoms. The number of piperidine rings is 1. The van der Waals surface area contributed by atoms with Gasteiger partial charge in [-0.25, -0.2) is 0 Å². The monoisotopic (exact) mass is 357 g/mol. The number of pyridine rings is 1. The predicted octanol–water partition coefficient (Wildman–Crippen LogP) is 3.97. The molecule has 1 aliphatic rings. The third-order valence-electron chi connectivity index (χ3n) is 6.04. The molecule has 3 aromatic rings. The van der Waals surface area contributed by atoms with E-state index in [1.54, 1.807) is 11.6 Å². The SMILES string of the molecule is Cn1c(=O)c(C#N)c(N2CCC(C)(c3ccccc3)CC2)c2ccccc21. The van der Waals surface area contributed by atoms with E-state index in [0.717, 1.165) is 42.5 Å². The normalized spacial score (nSPS) is 16.3. The summed E-state index contributed by atoms with van der Waals surface area (Å²) in [5.74, 6) is 0. The molecule has 136 valence electrons. The molecule has 1 aromatic heterocycles. The van der Waals surface area contributed by atoms with Crippen LogP contribution in [0.5, 0.6) is 0 Å². The van der Waals surface area contributed by atoms with E-state index < -0.39 is 0 Å². The zero-order chi connectivity index (χ0) is 19.0. The molecular weight excluding hydrogens is 334 g/mol. The number of benzene rings is 2. The number of hydrogen-bond acceptors (Lipinski definition) is 3. The molecule has 1 aliphatic heterocycles. The zero-order valence-corrected chi connectivity index (χ0v) is 15.8. The molecule has 0 saturated carbocycles. The van der Waals surface area contributed by atoms with Gasteiger partial charge in [-0.1, -0.05) is 55.5 Å². The average molecular weight is 357 g/mol. The van der Waals surface area contributed by atoms with E-state index in [4.69, 9.17) is 0 Å². The summed E-state index contributed by atoms with van der Waals surface area (Å²) in [5.41, 5.74) is 3.18. The average Bonchev–Trinajstić information content (AvgIpc) is 2.72. The molecule has 0 radical (unpaired) electrons. The Morgan fingerprint density at radius 1 is 1.00 bits per heavy atom. The molecular formula is C23H23N3O. The first-order chi connectivity index (χ1) is 13.0. The van der Waals surface area contributed by atoms with Gasteiger partial charge >= 0.3 is 0 Å². The Hall–Kier alpha value is -3.06. The Balaban J connectivity index is 1.76. The molecule has 0 aliphatic carbocycles. The molecule has 0 N–H and O–H groups in total. The lowest BCUT2D eigenvalue weighted by Gasteiger charge is -2.41. The summed E-state index contributed by atoms with van der Waals surface area (Å²) in [6.07, 6.45) is 1.98. The number of fused-ring (bicyclic) bond motifs is 1. The summed E-state index contributed by atoms with van der Waals surface area (Å²) in [4.78, 5) is 15.0. The Bertz CT molecular complexity index is 1080. The molecule has 4 rings (SSSR count). The number of rotatable bonds is 2. The fourth-order valence-electron chi connectivity index (χ4n) is 4.26. The fourth-order valence-corrected chi connectivity index (χ4v) is 4.26. The van der Waals surface area contributed by atoms with E-state index in [2.05, 4.69) is 42.2 Å². The predicted molar refractivity (Wildman–Crippen MR) is 109 cm³/mol. The molecule has 27 heavy (non-hydrogen) atoms. The Morgan fingerprint density at radius 3 is 2.30 bits per heavy atom. The molecule has 1 fully saturated rings. The first kappa shape index (κ1) is 17.4. The van der Waals surface area contributed by atoms with Crippen molar-refractivity contribution in [1.29, 1.82) is 5.26 Å². The van der Waals surface area contributed by atoms with Crippen molar-refractivity contribution in [1.82, 2.24) is 4.57 Å². The van der Waals surface area contributed by atoms with Crippen molar-refractivity contribution in [2.45, 2.75) is 25.2 Å². The number of anilines is 1. The van der Waals surface area contributed by atoms with E-state index in [1.807, 2.05) is 30.3 Å². The second-order valence-electron chi connectivity index (χ2n) is 7.63. The standard InChI is InChI=1S/C23H23N3O/c1-23(17-8-4-3-5-9-17)12-14-26(15-13-23)21-18-10-6-7-11-20(18)25(2)22(27)19(21)16-24/h3-11H,12-15H2,1-2H3. The summed E-state index contributed by atoms with van der Waals surface area (Å²) in [6, 6.07) is 20.7. The van der Waals surface area contributed by atoms with Gasteiger partial charge in [-0.15, -0.1) is 0 Å². The second-order valence-corrected chi connectivity index (χ2v) is 7.63. The van der Waals surface area contributed by atoms with Crippen LogP contribution in [0.4, 0.5) is 5.69 Å². The lowest BCUT2D eigenvalue weighted by Crippen LogP contribution is -2.42. The van der Waals surface area contributed by atoms with Crippen molar-refractivity contribution in [2.75, 3.05) is 18.0 Å². The van der Waals surface area contributed by atoms with Crippen molar-refractivity contribution < 1.29 is 0 Å². The van der Waals surface area contributed by atoms with Gasteiger partial charge in [-0.3, -0.25) is 4.79 Å². The Labute approximate surface area is 159 Å². The third-order valence-corrected chi connectivity index (χ3v) is 6.04. The maximum Gasteiger partial charge on any atom is 0.270 e. The first-order valence-electron chi connectivity index (χ1n) is 9.37. The van der Waals surface area contributed by atoms with Gasteiger partial charge in [0.25, 0.3) is 5.56 Å². The number of nitrogens with zero attached hydrogens (tertiary/aromatic N) is 3. The molecule has 1 saturated heterocycles. The van der Waals surface area contributed by atoms with Crippen LogP contribution in [0.25, 0.3) is 10.9 Å². The number of hydrogen-bond donors (Lipinski definition) is 0. The highest BCUT2D eigenvalue weighted by atomic mass is 16.1. The van der Waals surface area contributed by atoms with Gasteiger partial charge in [0.2, 0.25) is 0 Å². The third kappa shape index (κ3) is 2.80. The van der Waals surface area contributed by atoms with Crippen molar-refractivity contribution >= 4 is 16.6 Å². The lowest BCUT2D eigenvalue weighted by atomic mass is 9.74. The van der Waals surface area contributed by atoms with Crippen LogP contribution >= 0.6 is 0 Å². The molecule has 2 aromatic carbocycles. The Kier molecular flexibility index (Phi) is 4.24. The summed E-state index contributed by atoms with van der Waals surface area (Å²) < 4.78 is 1.58. The van der Waals surface area contributed by atoms with Crippen molar-refractivity contribution in [3.63, 3.8) is 0 Å². The summed E-state index contributed by atoms with van der Waals surface area (Å²) in [6.45, 7) is 3.97. The maximum atomic E-state index is 12.7. The van der Waals surface area contributed by atoms with Crippen molar-refractivity contribution in [3.05, 3.63) is 76.1 Å². The van der Waals surface area contributed by atoms with Gasteiger partial charge in [0.1, 0.15) is 11.6 Å². The molecule has 2 heterocycles. The van der Waals surface area contributed by atoms with E-state index in [1.165, 1.54) is 5.56 Å². The molecule has 0 bridgehead atoms. The summed E-state index contributed by atoms with van der Waals surface area (Å²) in [5, 5.41) is 10.7. The van der Waals surface area contributed by atoms with Gasteiger partial charge in [-0.05, 0) is 29.9 Å². The van der Waals surface area contributed by atoms with Crippen LogP contribution in [-0.2, 0) is 12.5 Å². The highest BCUT2D eigenvalue weighted by Gasteiger charge is 2.33. The zero-order valence-electron chi connectivity index (χ0n) is 15.8. The fraction of sp³-hybridized carbons (Fsp3) is 0.304. The van der Waals surface area contributed by atoms with E-state index >= 15 is 0 Å². The van der Waals surface area contributed by atoms with Gasteiger partial charge in [0, 0.05) is 25.5 Å². The van der Waals surface area contributed by atoms with Crippen molar-refractivity contribution in [2.24, 2.45) is 7.05 Å². The molecule has 0 atom stereocenters. The second kappa shape index (κ2) is 6.59. The van der Waals surface area contributed by atoms with Gasteiger partial charge in [0.15, 0.2) is 0 Å². The van der Waals surface area contributed by atoms with Crippen LogP contribution in [0.2, 0.25) is 0 Å². The van der Waals surface area contributed by atoms with Gasteiger partial charge in [0.05, 0.1) is 11.2 Å². The highest BCUT2D eigenvalue weighted by molar-refractivity contribution is 5.94. The number of para-hydroxylation sites is 1. The Morgan fingerprint density at radius 2 is 1.63 bits per heavy atom. The topological polar surface area (TPSA) is 49.0 Å². The van der Waals surface area contributed by atoms with Crippen LogP contribution in [0.1, 0.15) is 30.9 Å². The largest absolute Gasteiger partial charge is 0.370 e. The summed E-state index contributed by atoms with van der Waals surface area (Å²) >= 11 is 0. The molecule has 0 amide bonds. The first-order valence-corrected chi connectivity index (χ1v) is 9.37. The van der Waals surface area contributed by atoms with E-state index in [0.29, 0.717) is 0 Å². The van der Waals surface area contributed by atoms with Crippen LogP contribution in [0, 0.1) is 11.3 Å². The number of aryl methyl sites for hydroxylation is 1. The van der Waals surface area contributed by atoms with E-state index in [-0.39, 0.29) is 16.5 Å². The van der Waals surface area contributed by atoms with E-state index in [9.17, 15) is 10.1 Å². The quantitative estimate of drug-likeness (QED) is 0.697. The van der Waals surface area contributed by atoms with Crippen molar-refractivity contribution in [3.8, 4) is 6.07 Å². The summed E-state index contributed by atoms with van der Waals surface area (Å²) in [7, 11) is 1.73. The number of aromatic nitrogens is 1. The maximum absolute atomic E-state index is 12.7. The molecule has 4 nitrogen and oxygen atoms in total. The van der Waals surface area contributed by atoms with Crippen LogP contribution in [0.3, 0.4) is 0 Å². The van der Waals surface area contributed by atoms with Crippen LogP contribution < -0.4 is 10.5 Å². The minimum atomic E-state index is -0.220. The molecule has 0 unspecified atom stereocenters. The minimum absolute atomic E-state index is 0.125.